The summed E-state index contributed by atoms with van der Waals surface area (Å²) in [5, 5.41) is 12.3. The lowest BCUT2D eigenvalue weighted by Gasteiger charge is -2.24. The number of nitrogens with zero attached hydrogens (tertiary/aromatic N) is 1. The molecule has 1 aliphatic heterocycles. The molecule has 2 amide bonds. The van der Waals surface area contributed by atoms with Crippen LogP contribution in [0.3, 0.4) is 0 Å². The lowest BCUT2D eigenvalue weighted by Crippen LogP contribution is -2.51. The number of benzene rings is 1. The molecular formula is C18H24N2O6S. The number of aliphatic hydroxyl groups excluding tert-OH is 1. The van der Waals surface area contributed by atoms with Gasteiger partial charge in [0, 0.05) is 30.5 Å². The Morgan fingerprint density at radius 1 is 1.33 bits per heavy atom. The average Bonchev–Trinajstić information content (AvgIpc) is 3.07. The summed E-state index contributed by atoms with van der Waals surface area (Å²) in [5.74, 6) is -1.36. The van der Waals surface area contributed by atoms with Gasteiger partial charge in [0.2, 0.25) is 11.8 Å². The van der Waals surface area contributed by atoms with Crippen LogP contribution in [0.2, 0.25) is 0 Å². The monoisotopic (exact) mass is 396 g/mol. The number of methoxy groups -OCH3 is 1. The maximum absolute atomic E-state index is 12.6. The van der Waals surface area contributed by atoms with Crippen molar-refractivity contribution in [1.82, 2.24) is 10.2 Å². The third-order valence-electron chi connectivity index (χ3n) is 4.39. The molecule has 1 heterocycles. The van der Waals surface area contributed by atoms with Gasteiger partial charge in [-0.3, -0.25) is 13.8 Å². The molecule has 1 aliphatic rings. The molecule has 0 radical (unpaired) electrons. The van der Waals surface area contributed by atoms with Crippen molar-refractivity contribution < 1.29 is 28.4 Å². The SMILES string of the molecule is COC(=O)[C@@H](CC[S@@](=O)c1ccccc1)NC(=O)[C@@H]1C[C@@H](O)CN1C(C)=O. The Morgan fingerprint density at radius 2 is 2.00 bits per heavy atom. The zero-order valence-corrected chi connectivity index (χ0v) is 16.1. The van der Waals surface area contributed by atoms with Gasteiger partial charge in [0.1, 0.15) is 12.1 Å². The first-order valence-corrected chi connectivity index (χ1v) is 9.92. The molecule has 27 heavy (non-hydrogen) atoms. The number of aliphatic hydroxyl groups is 1. The van der Waals surface area contributed by atoms with Crippen molar-refractivity contribution in [2.45, 2.75) is 42.8 Å². The molecule has 1 saturated heterocycles. The summed E-state index contributed by atoms with van der Waals surface area (Å²) in [6, 6.07) is 6.99. The van der Waals surface area contributed by atoms with E-state index in [9.17, 15) is 23.7 Å². The van der Waals surface area contributed by atoms with E-state index in [0.29, 0.717) is 4.90 Å². The van der Waals surface area contributed by atoms with Crippen molar-refractivity contribution in [2.75, 3.05) is 19.4 Å². The van der Waals surface area contributed by atoms with Gasteiger partial charge in [-0.2, -0.15) is 0 Å². The van der Waals surface area contributed by atoms with Crippen LogP contribution in [0.1, 0.15) is 19.8 Å². The van der Waals surface area contributed by atoms with Gasteiger partial charge >= 0.3 is 5.97 Å². The van der Waals surface area contributed by atoms with Gasteiger partial charge in [0.25, 0.3) is 0 Å². The van der Waals surface area contributed by atoms with Crippen LogP contribution in [0.15, 0.2) is 35.2 Å². The highest BCUT2D eigenvalue weighted by atomic mass is 32.2. The lowest BCUT2D eigenvalue weighted by atomic mass is 10.1. The summed E-state index contributed by atoms with van der Waals surface area (Å²) < 4.78 is 17.1. The predicted octanol–water partition coefficient (Wildman–Crippen LogP) is -0.176. The fourth-order valence-corrected chi connectivity index (χ4v) is 4.13. The number of hydrogen-bond acceptors (Lipinski definition) is 6. The second-order valence-corrected chi connectivity index (χ2v) is 7.88. The first-order chi connectivity index (χ1) is 12.8. The third kappa shape index (κ3) is 5.61. The average molecular weight is 396 g/mol. The number of likely N-dealkylation sites (tertiary alicyclic amines) is 1. The van der Waals surface area contributed by atoms with Crippen molar-refractivity contribution in [1.29, 1.82) is 0 Å². The van der Waals surface area contributed by atoms with Crippen molar-refractivity contribution in [3.8, 4) is 0 Å². The van der Waals surface area contributed by atoms with Crippen LogP contribution in [0.5, 0.6) is 0 Å². The van der Waals surface area contributed by atoms with Crippen LogP contribution in [-0.2, 0) is 29.9 Å². The maximum Gasteiger partial charge on any atom is 0.328 e. The Morgan fingerprint density at radius 3 is 2.59 bits per heavy atom. The fraction of sp³-hybridized carbons (Fsp3) is 0.500. The van der Waals surface area contributed by atoms with Crippen LogP contribution >= 0.6 is 0 Å². The maximum atomic E-state index is 12.6. The van der Waals surface area contributed by atoms with Crippen LogP contribution in [0.4, 0.5) is 0 Å². The fourth-order valence-electron chi connectivity index (χ4n) is 2.98. The molecule has 0 aromatic heterocycles. The van der Waals surface area contributed by atoms with E-state index in [0.717, 1.165) is 0 Å². The second-order valence-electron chi connectivity index (χ2n) is 6.31. The Bertz CT molecular complexity index is 711. The number of rotatable bonds is 7. The highest BCUT2D eigenvalue weighted by Crippen LogP contribution is 2.18. The first kappa shape index (κ1) is 21.0. The number of amides is 2. The second kappa shape index (κ2) is 9.61. The molecule has 0 bridgehead atoms. The largest absolute Gasteiger partial charge is 0.467 e. The molecule has 1 fully saturated rings. The zero-order chi connectivity index (χ0) is 20.0. The summed E-state index contributed by atoms with van der Waals surface area (Å²) in [7, 11) is -0.118. The normalized spacial score (nSPS) is 21.4. The van der Waals surface area contributed by atoms with Gasteiger partial charge in [-0.25, -0.2) is 4.79 Å². The summed E-state index contributed by atoms with van der Waals surface area (Å²) in [6.07, 6.45) is -0.559. The summed E-state index contributed by atoms with van der Waals surface area (Å²) in [4.78, 5) is 38.1. The smallest absolute Gasteiger partial charge is 0.328 e. The summed E-state index contributed by atoms with van der Waals surface area (Å²) >= 11 is 0. The lowest BCUT2D eigenvalue weighted by molar-refractivity contribution is -0.146. The number of ether oxygens (including phenoxy) is 1. The molecular weight excluding hydrogens is 372 g/mol. The zero-order valence-electron chi connectivity index (χ0n) is 15.3. The number of β-amino-alcohol motifs (C(OH)–C–C–N with tert-alkyl or cyclic N) is 1. The van der Waals surface area contributed by atoms with E-state index >= 15 is 0 Å². The Hall–Kier alpha value is -2.26. The molecule has 9 heteroatoms. The minimum atomic E-state index is -1.32. The topological polar surface area (TPSA) is 113 Å². The molecule has 4 atom stereocenters. The number of carbonyl (C=O) groups excluding carboxylic acids is 3. The molecule has 0 aliphatic carbocycles. The van der Waals surface area contributed by atoms with Gasteiger partial charge < -0.3 is 20.1 Å². The molecule has 0 unspecified atom stereocenters. The van der Waals surface area contributed by atoms with Crippen LogP contribution in [0, 0.1) is 0 Å². The van der Waals surface area contributed by atoms with Crippen molar-refractivity contribution in [3.05, 3.63) is 30.3 Å². The number of hydrogen-bond donors (Lipinski definition) is 2. The quantitative estimate of drug-likeness (QED) is 0.619. The van der Waals surface area contributed by atoms with Gasteiger partial charge in [0.05, 0.1) is 24.0 Å². The van der Waals surface area contributed by atoms with E-state index in [1.807, 2.05) is 6.07 Å². The molecule has 8 nitrogen and oxygen atoms in total. The minimum absolute atomic E-state index is 0.0777. The third-order valence-corrected chi connectivity index (χ3v) is 5.79. The number of esters is 1. The van der Waals surface area contributed by atoms with E-state index in [2.05, 4.69) is 5.32 Å². The van der Waals surface area contributed by atoms with Crippen LogP contribution in [-0.4, -0.2) is 69.6 Å². The van der Waals surface area contributed by atoms with Crippen molar-refractivity contribution >= 4 is 28.6 Å². The van der Waals surface area contributed by atoms with E-state index in [-0.39, 0.29) is 31.0 Å². The standard InChI is InChI=1S/C18H24N2O6S/c1-12(21)20-11-13(22)10-16(20)17(23)19-15(18(24)26-2)8-9-27(25)14-6-4-3-5-7-14/h3-7,13,15-16,22H,8-11H2,1-2H3,(H,19,23)/t13-,15-,16+,27-/m1/s1. The highest BCUT2D eigenvalue weighted by molar-refractivity contribution is 7.85. The Kier molecular flexibility index (Phi) is 7.49. The molecule has 2 N–H and O–H groups in total. The van der Waals surface area contributed by atoms with E-state index in [1.165, 1.54) is 18.9 Å². The Labute approximate surface area is 160 Å². The van der Waals surface area contributed by atoms with E-state index in [1.54, 1.807) is 24.3 Å². The molecule has 0 saturated carbocycles. The van der Waals surface area contributed by atoms with E-state index < -0.39 is 40.9 Å². The molecule has 1 aromatic rings. The number of nitrogens with one attached hydrogen (secondary N) is 1. The van der Waals surface area contributed by atoms with Crippen LogP contribution < -0.4 is 5.32 Å². The van der Waals surface area contributed by atoms with E-state index in [4.69, 9.17) is 4.74 Å². The summed E-state index contributed by atoms with van der Waals surface area (Å²) in [5.41, 5.74) is 0. The van der Waals surface area contributed by atoms with Gasteiger partial charge in [-0.1, -0.05) is 18.2 Å². The van der Waals surface area contributed by atoms with Gasteiger partial charge in [0.15, 0.2) is 0 Å². The molecule has 2 rings (SSSR count). The number of carbonyl (C=O) groups is 3. The molecule has 1 aromatic carbocycles. The Balaban J connectivity index is 2.01. The van der Waals surface area contributed by atoms with Gasteiger partial charge in [-0.05, 0) is 18.6 Å². The summed E-state index contributed by atoms with van der Waals surface area (Å²) in [6.45, 7) is 1.40. The molecule has 0 spiro atoms. The molecule has 148 valence electrons. The first-order valence-electron chi connectivity index (χ1n) is 8.60. The van der Waals surface area contributed by atoms with Crippen molar-refractivity contribution in [2.24, 2.45) is 0 Å². The minimum Gasteiger partial charge on any atom is -0.467 e. The van der Waals surface area contributed by atoms with Crippen LogP contribution in [0.25, 0.3) is 0 Å². The predicted molar refractivity (Wildman–Crippen MR) is 98.1 cm³/mol. The highest BCUT2D eigenvalue weighted by Gasteiger charge is 2.38. The van der Waals surface area contributed by atoms with Gasteiger partial charge in [-0.15, -0.1) is 0 Å². The van der Waals surface area contributed by atoms with Crippen molar-refractivity contribution in [3.63, 3.8) is 0 Å².